The highest BCUT2D eigenvalue weighted by Crippen LogP contribution is 2.13. The largest absolute Gasteiger partial charge is 0.942 e. The highest BCUT2D eigenvalue weighted by atomic mass is 28.4. The van der Waals surface area contributed by atoms with Crippen LogP contribution < -0.4 is 0 Å². The Morgan fingerprint density at radius 1 is 0.824 bits per heavy atom. The molecule has 17 heavy (non-hydrogen) atoms. The minimum Gasteiger partial charge on any atom is -0.426 e. The van der Waals surface area contributed by atoms with Gasteiger partial charge >= 0.3 is 27.0 Å². The molecule has 92 valence electrons. The summed E-state index contributed by atoms with van der Waals surface area (Å²) in [7, 11) is -5.26. The average Bonchev–Trinajstić information content (AvgIpc) is 2.27. The van der Waals surface area contributed by atoms with E-state index in [0.29, 0.717) is 18.2 Å². The monoisotopic (exact) mass is 260 g/mol. The van der Waals surface area contributed by atoms with Crippen LogP contribution in [0.4, 0.5) is 4.11 Å². The Morgan fingerprint density at radius 3 is 1.24 bits per heavy atom. The molecule has 6 nitrogen and oxygen atoms in total. The van der Waals surface area contributed by atoms with Gasteiger partial charge in [-0.1, -0.05) is 19.7 Å². The number of hydrogen-bond donors (Lipinski definition) is 0. The van der Waals surface area contributed by atoms with Crippen LogP contribution in [-0.4, -0.2) is 27.0 Å². The normalized spacial score (nSPS) is 9.71. The Kier molecular flexibility index (Phi) is 5.54. The van der Waals surface area contributed by atoms with Gasteiger partial charge in [-0.25, -0.2) is 14.4 Å². The second-order valence-corrected chi connectivity index (χ2v) is 3.93. The molecule has 0 aliphatic rings. The van der Waals surface area contributed by atoms with E-state index >= 15 is 0 Å². The topological polar surface area (TPSA) is 78.9 Å². The van der Waals surface area contributed by atoms with E-state index in [1.165, 1.54) is 0 Å². The van der Waals surface area contributed by atoms with Crippen molar-refractivity contribution in [1.29, 1.82) is 0 Å². The fraction of sp³-hybridized carbons (Fsp3) is 0. The zero-order valence-corrected chi connectivity index (χ0v) is 9.68. The van der Waals surface area contributed by atoms with Crippen molar-refractivity contribution in [1.82, 2.24) is 0 Å². The summed E-state index contributed by atoms with van der Waals surface area (Å²) in [5, 5.41) is 0. The fourth-order valence-corrected chi connectivity index (χ4v) is 1.64. The van der Waals surface area contributed by atoms with E-state index in [0.717, 1.165) is 0 Å². The summed E-state index contributed by atoms with van der Waals surface area (Å²) < 4.78 is 26.0. The van der Waals surface area contributed by atoms with E-state index in [1.807, 2.05) is 0 Å². The third-order valence-corrected chi connectivity index (χ3v) is 2.50. The molecule has 0 aliphatic heterocycles. The molecule has 0 spiro atoms. The molecule has 0 aromatic carbocycles. The highest BCUT2D eigenvalue weighted by Gasteiger charge is 2.57. The van der Waals surface area contributed by atoms with Crippen LogP contribution in [-0.2, 0) is 27.7 Å². The first-order chi connectivity index (χ1) is 7.86. The molecule has 0 atom stereocenters. The summed E-state index contributed by atoms with van der Waals surface area (Å²) in [4.78, 5) is 32.4. The molecular formula is C9H9FO6Si. The fourth-order valence-electron chi connectivity index (χ4n) is 0.548. The summed E-state index contributed by atoms with van der Waals surface area (Å²) in [6.07, 6.45) is 1.85. The quantitative estimate of drug-likeness (QED) is 0.395. The van der Waals surface area contributed by atoms with Crippen molar-refractivity contribution in [2.75, 3.05) is 0 Å². The number of carbonyl (C=O) groups is 3. The standard InChI is InChI=1S/C9H9FO6Si/c1-4-7(11)14-17(10,15-8(12)5-2)16-9(13)6-3/h4-6H,1-3H2. The summed E-state index contributed by atoms with van der Waals surface area (Å²) in [6.45, 7) is 9.01. The first-order valence-corrected chi connectivity index (χ1v) is 5.72. The van der Waals surface area contributed by atoms with Crippen LogP contribution >= 0.6 is 0 Å². The molecule has 0 amide bonds. The van der Waals surface area contributed by atoms with Gasteiger partial charge in [0.15, 0.2) is 0 Å². The highest BCUT2D eigenvalue weighted by molar-refractivity contribution is 6.59. The minimum absolute atomic E-state index is 0.616. The van der Waals surface area contributed by atoms with Gasteiger partial charge in [-0.3, -0.25) is 0 Å². The van der Waals surface area contributed by atoms with Crippen molar-refractivity contribution >= 4 is 27.0 Å². The van der Waals surface area contributed by atoms with E-state index in [1.54, 1.807) is 0 Å². The Balaban J connectivity index is 4.90. The van der Waals surface area contributed by atoms with Gasteiger partial charge in [0.2, 0.25) is 0 Å². The van der Waals surface area contributed by atoms with Crippen LogP contribution in [0, 0.1) is 0 Å². The molecule has 8 heteroatoms. The molecule has 0 saturated carbocycles. The van der Waals surface area contributed by atoms with E-state index in [2.05, 4.69) is 33.0 Å². The zero-order chi connectivity index (χ0) is 13.5. The molecule has 0 fully saturated rings. The smallest absolute Gasteiger partial charge is 0.426 e. The lowest BCUT2D eigenvalue weighted by atomic mass is 10.7. The average molecular weight is 260 g/mol. The van der Waals surface area contributed by atoms with Crippen molar-refractivity contribution < 1.29 is 31.8 Å². The van der Waals surface area contributed by atoms with Crippen molar-refractivity contribution in [3.63, 3.8) is 0 Å². The van der Waals surface area contributed by atoms with Crippen LogP contribution in [0.1, 0.15) is 0 Å². The molecule has 0 saturated heterocycles. The zero-order valence-electron chi connectivity index (χ0n) is 8.68. The Bertz CT molecular complexity index is 323. The van der Waals surface area contributed by atoms with Crippen LogP contribution in [0.5, 0.6) is 0 Å². The molecule has 0 heterocycles. The Hall–Kier alpha value is -2.22. The number of rotatable bonds is 6. The van der Waals surface area contributed by atoms with Gasteiger partial charge in [-0.05, 0) is 0 Å². The van der Waals surface area contributed by atoms with Gasteiger partial charge in [0.25, 0.3) is 0 Å². The minimum atomic E-state index is -5.26. The van der Waals surface area contributed by atoms with Crippen molar-refractivity contribution in [3.8, 4) is 0 Å². The van der Waals surface area contributed by atoms with Gasteiger partial charge in [0.05, 0.1) is 0 Å². The molecule has 0 N–H and O–H groups in total. The Morgan fingerprint density at radius 2 is 1.06 bits per heavy atom. The number of hydrogen-bond acceptors (Lipinski definition) is 6. The molecule has 0 radical (unpaired) electrons. The van der Waals surface area contributed by atoms with E-state index < -0.39 is 27.0 Å². The maximum absolute atomic E-state index is 13.8. The summed E-state index contributed by atoms with van der Waals surface area (Å²) in [5.41, 5.74) is 0. The molecule has 0 aromatic heterocycles. The lowest BCUT2D eigenvalue weighted by molar-refractivity contribution is -0.147. The first kappa shape index (κ1) is 14.8. The predicted molar refractivity (Wildman–Crippen MR) is 55.7 cm³/mol. The van der Waals surface area contributed by atoms with Crippen molar-refractivity contribution in [3.05, 3.63) is 38.0 Å². The van der Waals surface area contributed by atoms with E-state index in [4.69, 9.17) is 0 Å². The molecule has 0 bridgehead atoms. The molecular weight excluding hydrogens is 251 g/mol. The van der Waals surface area contributed by atoms with Gasteiger partial charge < -0.3 is 13.3 Å². The maximum Gasteiger partial charge on any atom is 0.942 e. The third-order valence-electron chi connectivity index (χ3n) is 1.17. The Labute approximate surface area is 97.5 Å². The van der Waals surface area contributed by atoms with Crippen molar-refractivity contribution in [2.24, 2.45) is 0 Å². The number of carbonyl (C=O) groups excluding carboxylic acids is 3. The van der Waals surface area contributed by atoms with Crippen LogP contribution in [0.15, 0.2) is 38.0 Å². The first-order valence-electron chi connectivity index (χ1n) is 4.12. The molecule has 0 aliphatic carbocycles. The SMILES string of the molecule is C=CC(=O)O[Si](F)(OC(=O)C=C)OC(=O)C=C. The van der Waals surface area contributed by atoms with E-state index in [9.17, 15) is 18.5 Å². The predicted octanol–water partition coefficient (Wildman–Crippen LogP) is 0.579. The van der Waals surface area contributed by atoms with Gasteiger partial charge in [0.1, 0.15) is 0 Å². The maximum atomic E-state index is 13.8. The number of halogens is 1. The summed E-state index contributed by atoms with van der Waals surface area (Å²) in [5.74, 6) is -3.73. The van der Waals surface area contributed by atoms with Crippen LogP contribution in [0.25, 0.3) is 0 Å². The molecule has 0 aromatic rings. The van der Waals surface area contributed by atoms with Gasteiger partial charge in [0, 0.05) is 18.2 Å². The van der Waals surface area contributed by atoms with Crippen molar-refractivity contribution in [2.45, 2.75) is 0 Å². The summed E-state index contributed by atoms with van der Waals surface area (Å²) in [6, 6.07) is 0. The summed E-state index contributed by atoms with van der Waals surface area (Å²) >= 11 is 0. The van der Waals surface area contributed by atoms with Crippen LogP contribution in [0.2, 0.25) is 0 Å². The van der Waals surface area contributed by atoms with Crippen LogP contribution in [0.3, 0.4) is 0 Å². The lowest BCUT2D eigenvalue weighted by Crippen LogP contribution is -2.45. The second-order valence-electron chi connectivity index (χ2n) is 2.36. The molecule has 0 rings (SSSR count). The van der Waals surface area contributed by atoms with Gasteiger partial charge in [-0.15, -0.1) is 0 Å². The second kappa shape index (κ2) is 6.38. The molecule has 0 unspecified atom stereocenters. The van der Waals surface area contributed by atoms with Gasteiger partial charge in [-0.2, -0.15) is 4.11 Å². The third kappa shape index (κ3) is 5.42. The van der Waals surface area contributed by atoms with E-state index in [-0.39, 0.29) is 0 Å². The lowest BCUT2D eigenvalue weighted by Gasteiger charge is -2.16.